The van der Waals surface area contributed by atoms with Crippen LogP contribution in [0.15, 0.2) is 12.1 Å². The first-order valence-corrected chi connectivity index (χ1v) is 7.76. The van der Waals surface area contributed by atoms with Gasteiger partial charge in [0.05, 0.1) is 12.6 Å². The monoisotopic (exact) mass is 308 g/mol. The molecule has 1 aliphatic heterocycles. The molecule has 1 aromatic rings. The maximum atomic E-state index is 14.3. The summed E-state index contributed by atoms with van der Waals surface area (Å²) in [5.74, 6) is -0.237. The van der Waals surface area contributed by atoms with Gasteiger partial charge in [-0.25, -0.2) is 4.39 Å². The van der Waals surface area contributed by atoms with Crippen molar-refractivity contribution in [1.82, 2.24) is 5.32 Å². The Bertz CT molecular complexity index is 567. The first kappa shape index (κ1) is 16.7. The number of halogens is 1. The third kappa shape index (κ3) is 3.40. The van der Waals surface area contributed by atoms with Crippen LogP contribution in [0.25, 0.3) is 0 Å². The van der Waals surface area contributed by atoms with Crippen LogP contribution in [0.1, 0.15) is 63.7 Å². The molecule has 0 fully saturated rings. The minimum atomic E-state index is -0.492. The summed E-state index contributed by atoms with van der Waals surface area (Å²) < 4.78 is 19.7. The molecular weight excluding hydrogens is 283 g/mol. The number of carbonyl (C=O) groups excluding carboxylic acids is 1. The van der Waals surface area contributed by atoms with Gasteiger partial charge in [0.2, 0.25) is 5.91 Å². The molecule has 0 saturated carbocycles. The third-order valence-corrected chi connectivity index (χ3v) is 3.98. The molecule has 1 aliphatic rings. The molecule has 122 valence electrons. The van der Waals surface area contributed by atoms with Crippen molar-refractivity contribution >= 4 is 5.91 Å². The number of nitrogens with two attached hydrogens (primary N) is 1. The summed E-state index contributed by atoms with van der Waals surface area (Å²) in [7, 11) is 0. The van der Waals surface area contributed by atoms with Gasteiger partial charge in [0.1, 0.15) is 0 Å². The molecule has 5 heteroatoms. The fraction of sp³-hybridized carbons (Fsp3) is 0.588. The van der Waals surface area contributed by atoms with Gasteiger partial charge in [-0.3, -0.25) is 4.79 Å². The average Bonchev–Trinajstić information content (AvgIpc) is 2.46. The van der Waals surface area contributed by atoms with Crippen molar-refractivity contribution in [2.75, 3.05) is 6.61 Å². The highest BCUT2D eigenvalue weighted by molar-refractivity contribution is 5.81. The van der Waals surface area contributed by atoms with Gasteiger partial charge in [-0.1, -0.05) is 27.7 Å². The predicted molar refractivity (Wildman–Crippen MR) is 84.1 cm³/mol. The lowest BCUT2D eigenvalue weighted by Gasteiger charge is -2.30. The Morgan fingerprint density at radius 1 is 1.50 bits per heavy atom. The van der Waals surface area contributed by atoms with Crippen molar-refractivity contribution in [3.05, 3.63) is 29.1 Å². The van der Waals surface area contributed by atoms with E-state index >= 15 is 0 Å². The first-order chi connectivity index (χ1) is 10.2. The SMILES string of the molecule is CCC(N)c1cc(F)c2c(c1)C(NC(=O)C(C)(C)C)CCO2. The molecule has 0 aliphatic carbocycles. The van der Waals surface area contributed by atoms with Crippen molar-refractivity contribution < 1.29 is 13.9 Å². The van der Waals surface area contributed by atoms with E-state index in [4.69, 9.17) is 10.5 Å². The highest BCUT2D eigenvalue weighted by Gasteiger charge is 2.30. The van der Waals surface area contributed by atoms with Crippen molar-refractivity contribution in [2.24, 2.45) is 11.1 Å². The summed E-state index contributed by atoms with van der Waals surface area (Å²) in [6.07, 6.45) is 1.34. The van der Waals surface area contributed by atoms with Gasteiger partial charge in [-0.05, 0) is 24.1 Å². The van der Waals surface area contributed by atoms with Crippen LogP contribution >= 0.6 is 0 Å². The third-order valence-electron chi connectivity index (χ3n) is 3.98. The maximum Gasteiger partial charge on any atom is 0.225 e. The molecule has 1 heterocycles. The van der Waals surface area contributed by atoms with E-state index in [9.17, 15) is 9.18 Å². The van der Waals surface area contributed by atoms with Crippen molar-refractivity contribution in [2.45, 2.75) is 52.6 Å². The van der Waals surface area contributed by atoms with Crippen molar-refractivity contribution in [3.63, 3.8) is 0 Å². The quantitative estimate of drug-likeness (QED) is 0.901. The van der Waals surface area contributed by atoms with Gasteiger partial charge in [0.25, 0.3) is 0 Å². The normalized spacial score (nSPS) is 19.1. The molecule has 4 nitrogen and oxygen atoms in total. The second-order valence-electron chi connectivity index (χ2n) is 6.85. The van der Waals surface area contributed by atoms with Gasteiger partial charge in [0, 0.05) is 23.4 Å². The minimum Gasteiger partial charge on any atom is -0.490 e. The number of nitrogens with one attached hydrogen (secondary N) is 1. The van der Waals surface area contributed by atoms with Crippen LogP contribution in [0.4, 0.5) is 4.39 Å². The number of benzene rings is 1. The maximum absolute atomic E-state index is 14.3. The van der Waals surface area contributed by atoms with Gasteiger partial charge in [-0.15, -0.1) is 0 Å². The van der Waals surface area contributed by atoms with Crippen molar-refractivity contribution in [3.8, 4) is 5.75 Å². The van der Waals surface area contributed by atoms with Crippen LogP contribution in [-0.2, 0) is 4.79 Å². The molecule has 1 aromatic carbocycles. The minimum absolute atomic E-state index is 0.0593. The number of hydrogen-bond donors (Lipinski definition) is 2. The highest BCUT2D eigenvalue weighted by atomic mass is 19.1. The van der Waals surface area contributed by atoms with E-state index in [1.54, 1.807) is 0 Å². The fourth-order valence-corrected chi connectivity index (χ4v) is 2.46. The molecule has 0 bridgehead atoms. The second-order valence-corrected chi connectivity index (χ2v) is 6.85. The zero-order chi connectivity index (χ0) is 16.5. The molecule has 2 unspecified atom stereocenters. The average molecular weight is 308 g/mol. The van der Waals surface area contributed by atoms with E-state index in [2.05, 4.69) is 5.32 Å². The zero-order valence-corrected chi connectivity index (χ0v) is 13.7. The number of rotatable bonds is 3. The van der Waals surface area contributed by atoms with Crippen molar-refractivity contribution in [1.29, 1.82) is 0 Å². The fourth-order valence-electron chi connectivity index (χ4n) is 2.46. The lowest BCUT2D eigenvalue weighted by Crippen LogP contribution is -2.39. The van der Waals surface area contributed by atoms with E-state index < -0.39 is 11.2 Å². The molecule has 2 atom stereocenters. The van der Waals surface area contributed by atoms with Crippen LogP contribution < -0.4 is 15.8 Å². The Kier molecular flexibility index (Phi) is 4.75. The van der Waals surface area contributed by atoms with Crippen LogP contribution in [-0.4, -0.2) is 12.5 Å². The summed E-state index contributed by atoms with van der Waals surface area (Å²) in [5, 5.41) is 3.00. The van der Waals surface area contributed by atoms with Crippen LogP contribution in [0.3, 0.4) is 0 Å². The van der Waals surface area contributed by atoms with Gasteiger partial charge < -0.3 is 15.8 Å². The predicted octanol–water partition coefficient (Wildman–Crippen LogP) is 3.22. The Hall–Kier alpha value is -1.62. The first-order valence-electron chi connectivity index (χ1n) is 7.76. The number of hydrogen-bond acceptors (Lipinski definition) is 3. The Morgan fingerprint density at radius 2 is 2.18 bits per heavy atom. The molecule has 2 rings (SSSR count). The molecule has 0 spiro atoms. The van der Waals surface area contributed by atoms with E-state index in [0.717, 1.165) is 12.0 Å². The Balaban J connectivity index is 2.36. The topological polar surface area (TPSA) is 64.3 Å². The van der Waals surface area contributed by atoms with E-state index in [-0.39, 0.29) is 23.7 Å². The van der Waals surface area contributed by atoms with E-state index in [1.165, 1.54) is 6.07 Å². The number of amides is 1. The Morgan fingerprint density at radius 3 is 2.77 bits per heavy atom. The molecule has 22 heavy (non-hydrogen) atoms. The summed E-state index contributed by atoms with van der Waals surface area (Å²) in [5.41, 5.74) is 6.94. The van der Waals surface area contributed by atoms with Crippen LogP contribution in [0.2, 0.25) is 0 Å². The second kappa shape index (κ2) is 6.24. The molecule has 1 amide bonds. The van der Waals surface area contributed by atoms with Gasteiger partial charge in [-0.2, -0.15) is 0 Å². The smallest absolute Gasteiger partial charge is 0.225 e. The molecular formula is C17H25FN2O2. The largest absolute Gasteiger partial charge is 0.490 e. The van der Waals surface area contributed by atoms with Crippen LogP contribution in [0, 0.1) is 11.2 Å². The number of ether oxygens (including phenoxy) is 1. The highest BCUT2D eigenvalue weighted by Crippen LogP contribution is 2.37. The lowest BCUT2D eigenvalue weighted by molar-refractivity contribution is -0.129. The molecule has 0 saturated heterocycles. The standard InChI is InChI=1S/C17H25FN2O2/c1-5-13(19)10-8-11-14(20-16(21)17(2,3)4)6-7-22-15(11)12(18)9-10/h8-9,13-14H,5-7,19H2,1-4H3,(H,20,21). The van der Waals surface area contributed by atoms with Gasteiger partial charge >= 0.3 is 0 Å². The number of carbonyl (C=O) groups is 1. The van der Waals surface area contributed by atoms with Crippen LogP contribution in [0.5, 0.6) is 5.75 Å². The lowest BCUT2D eigenvalue weighted by atomic mass is 9.91. The summed E-state index contributed by atoms with van der Waals surface area (Å²) >= 11 is 0. The summed E-state index contributed by atoms with van der Waals surface area (Å²) in [6.45, 7) is 7.90. The zero-order valence-electron chi connectivity index (χ0n) is 13.7. The van der Waals surface area contributed by atoms with Gasteiger partial charge in [0.15, 0.2) is 11.6 Å². The van der Waals surface area contributed by atoms with E-state index in [1.807, 2.05) is 33.8 Å². The summed E-state index contributed by atoms with van der Waals surface area (Å²) in [4.78, 5) is 12.2. The molecule has 3 N–H and O–H groups in total. The summed E-state index contributed by atoms with van der Waals surface area (Å²) in [6, 6.07) is 2.83. The molecule has 0 radical (unpaired) electrons. The molecule has 0 aromatic heterocycles. The van der Waals surface area contributed by atoms with E-state index in [0.29, 0.717) is 18.6 Å². The Labute approximate surface area is 131 Å². The number of fused-ring (bicyclic) bond motifs is 1.